The molecule has 7 nitrogen and oxygen atoms in total. The topological polar surface area (TPSA) is 81.9 Å². The summed E-state index contributed by atoms with van der Waals surface area (Å²) in [7, 11) is 2.10. The molecular formula is C31H35N5O2. The fraction of sp³-hybridized carbons (Fsp3) is 0.290. The van der Waals surface area contributed by atoms with Crippen LogP contribution < -0.4 is 11.1 Å². The van der Waals surface area contributed by atoms with Crippen molar-refractivity contribution in [2.24, 2.45) is 0 Å². The molecule has 0 aromatic heterocycles. The van der Waals surface area contributed by atoms with E-state index in [0.717, 1.165) is 48.4 Å². The first-order valence-corrected chi connectivity index (χ1v) is 13.1. The molecule has 7 heteroatoms. The zero-order valence-corrected chi connectivity index (χ0v) is 21.9. The van der Waals surface area contributed by atoms with Gasteiger partial charge in [0.25, 0.3) is 5.91 Å². The minimum atomic E-state index is -0.203. The number of likely N-dealkylation sites (N-methyl/N-ethyl adjacent to an activating group) is 1. The molecule has 0 aliphatic carbocycles. The summed E-state index contributed by atoms with van der Waals surface area (Å²) in [5.41, 5.74) is 12.1. The number of nitrogen functional groups attached to an aromatic ring is 1. The third-order valence-corrected chi connectivity index (χ3v) is 7.57. The number of anilines is 2. The van der Waals surface area contributed by atoms with E-state index in [0.29, 0.717) is 36.4 Å². The highest BCUT2D eigenvalue weighted by molar-refractivity contribution is 6.05. The van der Waals surface area contributed by atoms with Crippen LogP contribution in [0.2, 0.25) is 0 Å². The van der Waals surface area contributed by atoms with Crippen molar-refractivity contribution in [2.45, 2.75) is 19.0 Å². The van der Waals surface area contributed by atoms with Gasteiger partial charge in [-0.25, -0.2) is 0 Å². The van der Waals surface area contributed by atoms with Gasteiger partial charge in [-0.05, 0) is 53.6 Å². The fourth-order valence-electron chi connectivity index (χ4n) is 5.30. The van der Waals surface area contributed by atoms with Crippen LogP contribution >= 0.6 is 0 Å². The first-order valence-electron chi connectivity index (χ1n) is 13.1. The van der Waals surface area contributed by atoms with Gasteiger partial charge in [0.1, 0.15) is 0 Å². The van der Waals surface area contributed by atoms with E-state index in [1.165, 1.54) is 0 Å². The number of carbonyl (C=O) groups excluding carboxylic acids is 2. The Bertz CT molecular complexity index is 1330. The first-order chi connectivity index (χ1) is 18.4. The van der Waals surface area contributed by atoms with Crippen molar-refractivity contribution in [3.8, 4) is 0 Å². The van der Waals surface area contributed by atoms with E-state index in [9.17, 15) is 9.59 Å². The zero-order valence-electron chi connectivity index (χ0n) is 21.9. The van der Waals surface area contributed by atoms with Gasteiger partial charge >= 0.3 is 0 Å². The minimum absolute atomic E-state index is 0.0344. The van der Waals surface area contributed by atoms with E-state index in [1.54, 1.807) is 12.1 Å². The lowest BCUT2D eigenvalue weighted by molar-refractivity contribution is -0.134. The lowest BCUT2D eigenvalue weighted by Crippen LogP contribution is -2.48. The van der Waals surface area contributed by atoms with Crippen LogP contribution in [0.5, 0.6) is 0 Å². The van der Waals surface area contributed by atoms with Crippen molar-refractivity contribution in [1.82, 2.24) is 14.7 Å². The summed E-state index contributed by atoms with van der Waals surface area (Å²) in [5, 5.41) is 2.88. The molecule has 3 N–H and O–H groups in total. The van der Waals surface area contributed by atoms with E-state index in [4.69, 9.17) is 5.73 Å². The van der Waals surface area contributed by atoms with Gasteiger partial charge < -0.3 is 20.9 Å². The standard InChI is InChI=1S/C31H35N5O2/c1-22-20-36(21-23-11-13-24(14-12-23)31(38)33-28-10-6-5-9-27(28)32)29(26-8-4-3-7-25(22)26)19-30(37)35-17-15-34(2)16-18-35/h3-14,29H,1,15-21,32H2,2H3,(H,33,38). The van der Waals surface area contributed by atoms with Gasteiger partial charge in [0.15, 0.2) is 0 Å². The summed E-state index contributed by atoms with van der Waals surface area (Å²) in [6.07, 6.45) is 0.437. The number of rotatable bonds is 6. The van der Waals surface area contributed by atoms with Gasteiger partial charge in [-0.1, -0.05) is 55.1 Å². The van der Waals surface area contributed by atoms with Crippen molar-refractivity contribution >= 4 is 28.8 Å². The molecule has 2 heterocycles. The van der Waals surface area contributed by atoms with E-state index in [-0.39, 0.29) is 17.9 Å². The maximum Gasteiger partial charge on any atom is 0.255 e. The smallest absolute Gasteiger partial charge is 0.255 e. The lowest BCUT2D eigenvalue weighted by Gasteiger charge is -2.40. The third-order valence-electron chi connectivity index (χ3n) is 7.57. The number of nitrogens with one attached hydrogen (secondary N) is 1. The van der Waals surface area contributed by atoms with E-state index in [2.05, 4.69) is 40.9 Å². The number of carbonyl (C=O) groups is 2. The predicted molar refractivity (Wildman–Crippen MR) is 153 cm³/mol. The fourth-order valence-corrected chi connectivity index (χ4v) is 5.30. The molecule has 0 radical (unpaired) electrons. The Morgan fingerprint density at radius 3 is 2.37 bits per heavy atom. The quantitative estimate of drug-likeness (QED) is 0.486. The average molecular weight is 510 g/mol. The van der Waals surface area contributed by atoms with Crippen LogP contribution in [-0.2, 0) is 11.3 Å². The van der Waals surface area contributed by atoms with Crippen molar-refractivity contribution < 1.29 is 9.59 Å². The van der Waals surface area contributed by atoms with Crippen molar-refractivity contribution in [2.75, 3.05) is 50.8 Å². The number of fused-ring (bicyclic) bond motifs is 1. The molecule has 2 aliphatic rings. The Labute approximate surface area is 224 Å². The van der Waals surface area contributed by atoms with E-state index in [1.807, 2.05) is 53.4 Å². The van der Waals surface area contributed by atoms with Crippen molar-refractivity contribution in [3.05, 3.63) is 102 Å². The zero-order chi connectivity index (χ0) is 26.6. The summed E-state index contributed by atoms with van der Waals surface area (Å²) in [4.78, 5) is 32.7. The largest absolute Gasteiger partial charge is 0.397 e. The highest BCUT2D eigenvalue weighted by Gasteiger charge is 2.32. The summed E-state index contributed by atoms with van der Waals surface area (Å²) in [6.45, 7) is 9.04. The van der Waals surface area contributed by atoms with Gasteiger partial charge in [-0.15, -0.1) is 0 Å². The summed E-state index contributed by atoms with van der Waals surface area (Å²) >= 11 is 0. The molecule has 1 atom stereocenters. The number of para-hydroxylation sites is 2. The van der Waals surface area contributed by atoms with Crippen LogP contribution in [0.15, 0.2) is 79.4 Å². The van der Waals surface area contributed by atoms with Gasteiger partial charge in [-0.3, -0.25) is 14.5 Å². The number of nitrogens with two attached hydrogens (primary N) is 1. The van der Waals surface area contributed by atoms with Crippen molar-refractivity contribution in [1.29, 1.82) is 0 Å². The molecule has 2 amide bonds. The number of hydrogen-bond donors (Lipinski definition) is 2. The SMILES string of the molecule is C=C1CN(Cc2ccc(C(=O)Nc3ccccc3N)cc2)C(CC(=O)N2CCN(C)CC2)c2ccccc21. The molecule has 196 valence electrons. The number of piperazine rings is 1. The summed E-state index contributed by atoms with van der Waals surface area (Å²) < 4.78 is 0. The number of hydrogen-bond acceptors (Lipinski definition) is 5. The first kappa shape index (κ1) is 25.7. The average Bonchev–Trinajstić information content (AvgIpc) is 2.93. The number of amides is 2. The Morgan fingerprint density at radius 2 is 1.63 bits per heavy atom. The number of benzene rings is 3. The third kappa shape index (κ3) is 5.64. The second-order valence-corrected chi connectivity index (χ2v) is 10.2. The monoisotopic (exact) mass is 509 g/mol. The van der Waals surface area contributed by atoms with Gasteiger partial charge in [0.05, 0.1) is 11.4 Å². The molecular weight excluding hydrogens is 474 g/mol. The summed E-state index contributed by atoms with van der Waals surface area (Å²) in [6, 6.07) is 23.1. The van der Waals surface area contributed by atoms with E-state index < -0.39 is 0 Å². The molecule has 0 saturated carbocycles. The van der Waals surface area contributed by atoms with Crippen LogP contribution in [0.1, 0.15) is 39.5 Å². The number of nitrogens with zero attached hydrogens (tertiary/aromatic N) is 3. The second kappa shape index (κ2) is 11.2. The predicted octanol–water partition coefficient (Wildman–Crippen LogP) is 4.26. The molecule has 2 aliphatic heterocycles. The Balaban J connectivity index is 1.32. The molecule has 5 rings (SSSR count). The molecule has 1 fully saturated rings. The lowest BCUT2D eigenvalue weighted by atomic mass is 9.87. The minimum Gasteiger partial charge on any atom is -0.397 e. The van der Waals surface area contributed by atoms with E-state index >= 15 is 0 Å². The Morgan fingerprint density at radius 1 is 0.947 bits per heavy atom. The molecule has 38 heavy (non-hydrogen) atoms. The molecule has 0 bridgehead atoms. The van der Waals surface area contributed by atoms with Crippen LogP contribution in [0.3, 0.4) is 0 Å². The molecule has 3 aromatic rings. The van der Waals surface area contributed by atoms with Gasteiger partial charge in [-0.2, -0.15) is 0 Å². The summed E-state index contributed by atoms with van der Waals surface area (Å²) in [5.74, 6) is -0.00648. The highest BCUT2D eigenvalue weighted by Crippen LogP contribution is 2.38. The van der Waals surface area contributed by atoms with Gasteiger partial charge in [0, 0.05) is 57.3 Å². The normalized spacial score (nSPS) is 18.2. The molecule has 1 unspecified atom stereocenters. The Hall–Kier alpha value is -3.94. The van der Waals surface area contributed by atoms with Crippen LogP contribution in [0, 0.1) is 0 Å². The molecule has 3 aromatic carbocycles. The molecule has 1 saturated heterocycles. The van der Waals surface area contributed by atoms with Crippen LogP contribution in [0.25, 0.3) is 5.57 Å². The van der Waals surface area contributed by atoms with Crippen molar-refractivity contribution in [3.63, 3.8) is 0 Å². The molecule has 0 spiro atoms. The van der Waals surface area contributed by atoms with Gasteiger partial charge in [0.2, 0.25) is 5.91 Å². The maximum atomic E-state index is 13.4. The second-order valence-electron chi connectivity index (χ2n) is 10.2. The maximum absolute atomic E-state index is 13.4. The highest BCUT2D eigenvalue weighted by atomic mass is 16.2. The Kier molecular flexibility index (Phi) is 7.58. The van der Waals surface area contributed by atoms with Crippen LogP contribution in [-0.4, -0.2) is 66.3 Å². The van der Waals surface area contributed by atoms with Crippen LogP contribution in [0.4, 0.5) is 11.4 Å².